The number of nitrogens with two attached hydrogens (primary N) is 1. The molecule has 0 atom stereocenters. The standard InChI is InChI=1S/C15H20N2O3/c1-10(2)9-20-7-3-6-17-14(18)12-5-4-11(16)8-13(12)15(17)19/h4-5,8,10H,3,6-7,9,16H2,1-2H3. The number of anilines is 1. The summed E-state index contributed by atoms with van der Waals surface area (Å²) in [5.41, 5.74) is 6.98. The summed E-state index contributed by atoms with van der Waals surface area (Å²) < 4.78 is 5.45. The Morgan fingerprint density at radius 1 is 1.20 bits per heavy atom. The van der Waals surface area contributed by atoms with Crippen LogP contribution in [-0.4, -0.2) is 36.5 Å². The number of fused-ring (bicyclic) bond motifs is 1. The summed E-state index contributed by atoms with van der Waals surface area (Å²) in [5.74, 6) is -0.0210. The third-order valence-corrected chi connectivity index (χ3v) is 3.12. The van der Waals surface area contributed by atoms with Crippen molar-refractivity contribution in [3.63, 3.8) is 0 Å². The number of nitrogen functional groups attached to an aromatic ring is 1. The lowest BCUT2D eigenvalue weighted by Gasteiger charge is -2.14. The van der Waals surface area contributed by atoms with Gasteiger partial charge >= 0.3 is 0 Å². The zero-order valence-corrected chi connectivity index (χ0v) is 11.9. The van der Waals surface area contributed by atoms with Gasteiger partial charge in [0.25, 0.3) is 11.8 Å². The lowest BCUT2D eigenvalue weighted by atomic mass is 10.1. The first-order valence-corrected chi connectivity index (χ1v) is 6.84. The molecule has 0 saturated carbocycles. The quantitative estimate of drug-likeness (QED) is 0.489. The molecule has 0 unspecified atom stereocenters. The van der Waals surface area contributed by atoms with Gasteiger partial charge in [0.1, 0.15) is 0 Å². The number of rotatable bonds is 6. The Kier molecular flexibility index (Phi) is 4.39. The van der Waals surface area contributed by atoms with E-state index in [2.05, 4.69) is 13.8 Å². The van der Waals surface area contributed by atoms with Gasteiger partial charge in [0.15, 0.2) is 0 Å². The van der Waals surface area contributed by atoms with Crippen LogP contribution in [0.5, 0.6) is 0 Å². The number of nitrogens with zero attached hydrogens (tertiary/aromatic N) is 1. The maximum atomic E-state index is 12.1. The second-order valence-corrected chi connectivity index (χ2v) is 5.39. The van der Waals surface area contributed by atoms with Crippen molar-refractivity contribution in [1.29, 1.82) is 0 Å². The molecule has 2 amide bonds. The predicted molar refractivity (Wildman–Crippen MR) is 76.5 cm³/mol. The van der Waals surface area contributed by atoms with Gasteiger partial charge in [-0.2, -0.15) is 0 Å². The number of imide groups is 1. The molecule has 0 bridgehead atoms. The van der Waals surface area contributed by atoms with E-state index in [-0.39, 0.29) is 11.8 Å². The molecule has 108 valence electrons. The molecular formula is C15H20N2O3. The van der Waals surface area contributed by atoms with Gasteiger partial charge in [0.05, 0.1) is 11.1 Å². The van der Waals surface area contributed by atoms with Crippen molar-refractivity contribution in [3.8, 4) is 0 Å². The van der Waals surface area contributed by atoms with E-state index in [0.717, 1.165) is 0 Å². The van der Waals surface area contributed by atoms with Crippen molar-refractivity contribution < 1.29 is 14.3 Å². The third-order valence-electron chi connectivity index (χ3n) is 3.12. The van der Waals surface area contributed by atoms with Gasteiger partial charge in [-0.1, -0.05) is 13.8 Å². The zero-order chi connectivity index (χ0) is 14.7. The molecule has 0 spiro atoms. The average Bonchev–Trinajstić information content (AvgIpc) is 2.62. The van der Waals surface area contributed by atoms with Crippen molar-refractivity contribution in [2.24, 2.45) is 5.92 Å². The van der Waals surface area contributed by atoms with E-state index in [1.807, 2.05) is 0 Å². The maximum Gasteiger partial charge on any atom is 0.261 e. The largest absolute Gasteiger partial charge is 0.399 e. The monoisotopic (exact) mass is 276 g/mol. The fraction of sp³-hybridized carbons (Fsp3) is 0.467. The summed E-state index contributed by atoms with van der Waals surface area (Å²) >= 11 is 0. The van der Waals surface area contributed by atoms with Crippen LogP contribution < -0.4 is 5.73 Å². The zero-order valence-electron chi connectivity index (χ0n) is 11.9. The van der Waals surface area contributed by atoms with Crippen LogP contribution in [0.15, 0.2) is 18.2 Å². The van der Waals surface area contributed by atoms with Gasteiger partial charge in [-0.25, -0.2) is 0 Å². The average molecular weight is 276 g/mol. The van der Waals surface area contributed by atoms with Gasteiger partial charge < -0.3 is 10.5 Å². The molecule has 0 saturated heterocycles. The van der Waals surface area contributed by atoms with Crippen LogP contribution in [0, 0.1) is 5.92 Å². The fourth-order valence-corrected chi connectivity index (χ4v) is 2.16. The van der Waals surface area contributed by atoms with Crippen molar-refractivity contribution in [2.45, 2.75) is 20.3 Å². The summed E-state index contributed by atoms with van der Waals surface area (Å²) in [6, 6.07) is 4.81. The van der Waals surface area contributed by atoms with Crippen LogP contribution in [0.1, 0.15) is 41.0 Å². The molecule has 0 fully saturated rings. The molecule has 2 rings (SSSR count). The number of carbonyl (C=O) groups excluding carboxylic acids is 2. The second-order valence-electron chi connectivity index (χ2n) is 5.39. The van der Waals surface area contributed by atoms with Gasteiger partial charge in [-0.15, -0.1) is 0 Å². The SMILES string of the molecule is CC(C)COCCCN1C(=O)c2ccc(N)cc2C1=O. The number of amides is 2. The van der Waals surface area contributed by atoms with E-state index in [1.54, 1.807) is 18.2 Å². The van der Waals surface area contributed by atoms with E-state index in [4.69, 9.17) is 10.5 Å². The summed E-state index contributed by atoms with van der Waals surface area (Å²) in [4.78, 5) is 25.5. The highest BCUT2D eigenvalue weighted by atomic mass is 16.5. The number of hydrogen-bond acceptors (Lipinski definition) is 4. The first-order valence-electron chi connectivity index (χ1n) is 6.84. The first kappa shape index (κ1) is 14.5. The van der Waals surface area contributed by atoms with Crippen molar-refractivity contribution in [3.05, 3.63) is 29.3 Å². The molecule has 1 aromatic rings. The second kappa shape index (κ2) is 6.05. The lowest BCUT2D eigenvalue weighted by Crippen LogP contribution is -2.31. The molecule has 1 heterocycles. The smallest absolute Gasteiger partial charge is 0.261 e. The molecule has 5 heteroatoms. The highest BCUT2D eigenvalue weighted by Gasteiger charge is 2.34. The van der Waals surface area contributed by atoms with Crippen LogP contribution in [0.3, 0.4) is 0 Å². The number of carbonyl (C=O) groups is 2. The van der Waals surface area contributed by atoms with E-state index in [1.165, 1.54) is 4.90 Å². The fourth-order valence-electron chi connectivity index (χ4n) is 2.16. The van der Waals surface area contributed by atoms with Crippen LogP contribution in [0.4, 0.5) is 5.69 Å². The lowest BCUT2D eigenvalue weighted by molar-refractivity contribution is 0.0614. The highest BCUT2D eigenvalue weighted by molar-refractivity contribution is 6.21. The minimum absolute atomic E-state index is 0.242. The summed E-state index contributed by atoms with van der Waals surface area (Å²) in [5, 5.41) is 0. The predicted octanol–water partition coefficient (Wildman–Crippen LogP) is 1.93. The molecule has 1 aromatic carbocycles. The first-order chi connectivity index (χ1) is 9.50. The number of benzene rings is 1. The maximum absolute atomic E-state index is 12.1. The number of ether oxygens (including phenoxy) is 1. The van der Waals surface area contributed by atoms with Crippen LogP contribution >= 0.6 is 0 Å². The minimum atomic E-state index is -0.263. The molecule has 20 heavy (non-hydrogen) atoms. The van der Waals surface area contributed by atoms with E-state index in [0.29, 0.717) is 48.9 Å². The topological polar surface area (TPSA) is 72.6 Å². The molecule has 0 aromatic heterocycles. The molecule has 0 radical (unpaired) electrons. The molecule has 1 aliphatic heterocycles. The Morgan fingerprint density at radius 2 is 1.90 bits per heavy atom. The summed E-state index contributed by atoms with van der Waals surface area (Å²) in [7, 11) is 0. The van der Waals surface area contributed by atoms with Crippen LogP contribution in [0.2, 0.25) is 0 Å². The Labute approximate surface area is 118 Å². The summed E-state index contributed by atoms with van der Waals surface area (Å²) in [6.07, 6.45) is 0.646. The Bertz CT molecular complexity index is 526. The van der Waals surface area contributed by atoms with E-state index >= 15 is 0 Å². The molecule has 5 nitrogen and oxygen atoms in total. The Hall–Kier alpha value is -1.88. The minimum Gasteiger partial charge on any atom is -0.399 e. The molecule has 2 N–H and O–H groups in total. The number of hydrogen-bond donors (Lipinski definition) is 1. The van der Waals surface area contributed by atoms with Crippen LogP contribution in [-0.2, 0) is 4.74 Å². The normalized spacial score (nSPS) is 14.2. The van der Waals surface area contributed by atoms with Crippen molar-refractivity contribution >= 4 is 17.5 Å². The van der Waals surface area contributed by atoms with Gasteiger partial charge in [-0.05, 0) is 30.5 Å². The van der Waals surface area contributed by atoms with Crippen molar-refractivity contribution in [2.75, 3.05) is 25.5 Å². The third kappa shape index (κ3) is 2.99. The van der Waals surface area contributed by atoms with Crippen molar-refractivity contribution in [1.82, 2.24) is 4.90 Å². The Morgan fingerprint density at radius 3 is 2.60 bits per heavy atom. The summed E-state index contributed by atoms with van der Waals surface area (Å²) in [6.45, 7) is 5.78. The van der Waals surface area contributed by atoms with Gasteiger partial charge in [0, 0.05) is 25.4 Å². The Balaban J connectivity index is 1.92. The van der Waals surface area contributed by atoms with E-state index in [9.17, 15) is 9.59 Å². The van der Waals surface area contributed by atoms with E-state index < -0.39 is 0 Å². The van der Waals surface area contributed by atoms with Crippen LogP contribution in [0.25, 0.3) is 0 Å². The molecular weight excluding hydrogens is 256 g/mol. The molecule has 1 aliphatic rings. The van der Waals surface area contributed by atoms with Gasteiger partial charge in [-0.3, -0.25) is 14.5 Å². The molecule has 0 aliphatic carbocycles. The highest BCUT2D eigenvalue weighted by Crippen LogP contribution is 2.24. The van der Waals surface area contributed by atoms with Gasteiger partial charge in [0.2, 0.25) is 0 Å².